The quantitative estimate of drug-likeness (QED) is 0.271. The first-order valence-electron chi connectivity index (χ1n) is 11.9. The van der Waals surface area contributed by atoms with E-state index in [2.05, 4.69) is 0 Å². The van der Waals surface area contributed by atoms with Gasteiger partial charge in [-0.05, 0) is 72.5 Å². The Bertz CT molecular complexity index is 1440. The summed E-state index contributed by atoms with van der Waals surface area (Å²) >= 11 is 0. The van der Waals surface area contributed by atoms with Gasteiger partial charge in [0.2, 0.25) is 0 Å². The molecule has 1 saturated heterocycles. The third kappa shape index (κ3) is 4.78. The summed E-state index contributed by atoms with van der Waals surface area (Å²) < 4.78 is 5.78. The number of anilines is 1. The molecular weight excluding hydrogens is 468 g/mol. The van der Waals surface area contributed by atoms with Gasteiger partial charge in [-0.3, -0.25) is 14.5 Å². The number of phenols is 1. The molecule has 188 valence electrons. The second kappa shape index (κ2) is 9.82. The summed E-state index contributed by atoms with van der Waals surface area (Å²) in [4.78, 5) is 28.0. The minimum Gasteiger partial charge on any atom is -0.508 e. The fraction of sp³-hybridized carbons (Fsp3) is 0.233. The van der Waals surface area contributed by atoms with E-state index in [-0.39, 0.29) is 22.5 Å². The zero-order valence-corrected chi connectivity index (χ0v) is 21.1. The van der Waals surface area contributed by atoms with Crippen LogP contribution >= 0.6 is 0 Å². The van der Waals surface area contributed by atoms with E-state index in [9.17, 15) is 19.8 Å². The van der Waals surface area contributed by atoms with Crippen LogP contribution in [0.25, 0.3) is 5.76 Å². The molecule has 0 bridgehead atoms. The van der Waals surface area contributed by atoms with Gasteiger partial charge in [0.15, 0.2) is 0 Å². The Kier molecular flexibility index (Phi) is 6.78. The SMILES string of the molecule is CCOc1ccc(/C(O)=C2/C(=O)C(=O)N(c3ccc(C#N)cc3)C2c2cccc(O)c2)cc1C(C)(C)C. The third-order valence-electron chi connectivity index (χ3n) is 6.27. The molecule has 3 aromatic carbocycles. The number of hydrogen-bond acceptors (Lipinski definition) is 6. The Morgan fingerprint density at radius 3 is 2.35 bits per heavy atom. The van der Waals surface area contributed by atoms with Gasteiger partial charge in [0.1, 0.15) is 17.3 Å². The lowest BCUT2D eigenvalue weighted by Crippen LogP contribution is -2.29. The molecule has 2 N–H and O–H groups in total. The van der Waals surface area contributed by atoms with Crippen LogP contribution in [0, 0.1) is 11.3 Å². The number of ether oxygens (including phenoxy) is 1. The number of amides is 1. The normalized spacial score (nSPS) is 17.1. The van der Waals surface area contributed by atoms with E-state index in [0.717, 1.165) is 5.56 Å². The monoisotopic (exact) mass is 496 g/mol. The lowest BCUT2D eigenvalue weighted by molar-refractivity contribution is -0.132. The van der Waals surface area contributed by atoms with Crippen molar-refractivity contribution in [1.82, 2.24) is 0 Å². The number of nitriles is 1. The number of Topliss-reactive ketones (excluding diaryl/α,β-unsaturated/α-hetero) is 1. The number of carbonyl (C=O) groups excluding carboxylic acids is 2. The maximum atomic E-state index is 13.4. The molecule has 0 saturated carbocycles. The number of benzene rings is 3. The fourth-order valence-electron chi connectivity index (χ4n) is 4.51. The molecule has 1 aliphatic rings. The Hall–Kier alpha value is -4.57. The molecule has 4 rings (SSSR count). The van der Waals surface area contributed by atoms with Crippen molar-refractivity contribution in [1.29, 1.82) is 5.26 Å². The molecule has 1 atom stereocenters. The summed E-state index contributed by atoms with van der Waals surface area (Å²) in [5.74, 6) is -1.35. The fourth-order valence-corrected chi connectivity index (χ4v) is 4.51. The molecular formula is C30H28N2O5. The van der Waals surface area contributed by atoms with Crippen molar-refractivity contribution in [3.8, 4) is 17.6 Å². The highest BCUT2D eigenvalue weighted by atomic mass is 16.5. The average molecular weight is 497 g/mol. The van der Waals surface area contributed by atoms with Gasteiger partial charge in [-0.15, -0.1) is 0 Å². The first-order valence-corrected chi connectivity index (χ1v) is 11.9. The van der Waals surface area contributed by atoms with Crippen LogP contribution in [0.5, 0.6) is 11.5 Å². The van der Waals surface area contributed by atoms with E-state index in [1.165, 1.54) is 17.0 Å². The molecule has 0 radical (unpaired) electrons. The number of aliphatic hydroxyl groups excluding tert-OH is 1. The summed E-state index contributed by atoms with van der Waals surface area (Å²) in [5.41, 5.74) is 2.04. The van der Waals surface area contributed by atoms with Crippen LogP contribution in [0.1, 0.15) is 56.0 Å². The van der Waals surface area contributed by atoms with Gasteiger partial charge in [-0.1, -0.05) is 32.9 Å². The van der Waals surface area contributed by atoms with Crippen LogP contribution in [0.3, 0.4) is 0 Å². The number of carbonyl (C=O) groups is 2. The average Bonchev–Trinajstić information content (AvgIpc) is 3.13. The summed E-state index contributed by atoms with van der Waals surface area (Å²) in [5, 5.41) is 30.8. The Balaban J connectivity index is 1.95. The van der Waals surface area contributed by atoms with Crippen molar-refractivity contribution >= 4 is 23.1 Å². The zero-order valence-electron chi connectivity index (χ0n) is 21.1. The van der Waals surface area contributed by atoms with Crippen molar-refractivity contribution in [2.24, 2.45) is 0 Å². The summed E-state index contributed by atoms with van der Waals surface area (Å²) in [6.45, 7) is 8.42. The largest absolute Gasteiger partial charge is 0.508 e. The second-order valence-corrected chi connectivity index (χ2v) is 9.82. The number of phenolic OH excluding ortho intramolecular Hbond substituents is 1. The summed E-state index contributed by atoms with van der Waals surface area (Å²) in [6, 6.07) is 18.7. The molecule has 1 fully saturated rings. The maximum Gasteiger partial charge on any atom is 0.300 e. The lowest BCUT2D eigenvalue weighted by atomic mass is 9.84. The van der Waals surface area contributed by atoms with Gasteiger partial charge in [0.05, 0.1) is 29.9 Å². The van der Waals surface area contributed by atoms with Crippen LogP contribution in [0.2, 0.25) is 0 Å². The summed E-state index contributed by atoms with van der Waals surface area (Å²) in [6.07, 6.45) is 0. The number of aliphatic hydroxyl groups is 1. The molecule has 0 aliphatic carbocycles. The van der Waals surface area contributed by atoms with Crippen molar-refractivity contribution in [3.05, 3.63) is 94.6 Å². The topological polar surface area (TPSA) is 111 Å². The van der Waals surface area contributed by atoms with E-state index in [1.54, 1.807) is 54.6 Å². The maximum absolute atomic E-state index is 13.4. The molecule has 37 heavy (non-hydrogen) atoms. The highest BCUT2D eigenvalue weighted by Crippen LogP contribution is 2.43. The first-order chi connectivity index (χ1) is 17.6. The number of rotatable bonds is 5. The zero-order chi connectivity index (χ0) is 26.9. The predicted octanol–water partition coefficient (Wildman–Crippen LogP) is 5.59. The van der Waals surface area contributed by atoms with Gasteiger partial charge in [-0.25, -0.2) is 0 Å². The van der Waals surface area contributed by atoms with Crippen LogP contribution < -0.4 is 9.64 Å². The summed E-state index contributed by atoms with van der Waals surface area (Å²) in [7, 11) is 0. The van der Waals surface area contributed by atoms with Gasteiger partial charge >= 0.3 is 0 Å². The molecule has 1 amide bonds. The van der Waals surface area contributed by atoms with Crippen molar-refractivity contribution in [2.45, 2.75) is 39.2 Å². The van der Waals surface area contributed by atoms with Crippen LogP contribution in [0.15, 0.2) is 72.3 Å². The minimum absolute atomic E-state index is 0.0426. The third-order valence-corrected chi connectivity index (χ3v) is 6.27. The van der Waals surface area contributed by atoms with Gasteiger partial charge in [-0.2, -0.15) is 5.26 Å². The van der Waals surface area contributed by atoms with E-state index in [0.29, 0.717) is 34.7 Å². The first kappa shape index (κ1) is 25.5. The minimum atomic E-state index is -0.996. The smallest absolute Gasteiger partial charge is 0.300 e. The van der Waals surface area contributed by atoms with Crippen molar-refractivity contribution in [2.75, 3.05) is 11.5 Å². The van der Waals surface area contributed by atoms with Crippen LogP contribution in [0.4, 0.5) is 5.69 Å². The second-order valence-electron chi connectivity index (χ2n) is 9.82. The number of hydrogen-bond donors (Lipinski definition) is 2. The molecule has 1 aliphatic heterocycles. The predicted molar refractivity (Wildman–Crippen MR) is 140 cm³/mol. The molecule has 0 aromatic heterocycles. The van der Waals surface area contributed by atoms with E-state index < -0.39 is 17.7 Å². The highest BCUT2D eigenvalue weighted by Gasteiger charge is 2.47. The highest BCUT2D eigenvalue weighted by molar-refractivity contribution is 6.51. The van der Waals surface area contributed by atoms with E-state index in [4.69, 9.17) is 10.00 Å². The Morgan fingerprint density at radius 2 is 1.76 bits per heavy atom. The van der Waals surface area contributed by atoms with Crippen LogP contribution in [-0.2, 0) is 15.0 Å². The van der Waals surface area contributed by atoms with E-state index >= 15 is 0 Å². The van der Waals surface area contributed by atoms with Gasteiger partial charge in [0, 0.05) is 16.8 Å². The Morgan fingerprint density at radius 1 is 1.05 bits per heavy atom. The Labute approximate surface area is 215 Å². The standard InChI is InChI=1S/C30H28N2O5/c1-5-37-24-14-11-20(16-23(24)30(2,3)4)27(34)25-26(19-7-6-8-22(33)15-19)32(29(36)28(25)35)21-12-9-18(17-31)10-13-21/h6-16,26,33-34H,5H2,1-4H3/b27-25-. The molecule has 0 spiro atoms. The number of nitrogens with zero attached hydrogens (tertiary/aromatic N) is 2. The molecule has 7 heteroatoms. The molecule has 1 heterocycles. The van der Waals surface area contributed by atoms with Crippen LogP contribution in [-0.4, -0.2) is 28.5 Å². The molecule has 3 aromatic rings. The van der Waals surface area contributed by atoms with Crippen molar-refractivity contribution in [3.63, 3.8) is 0 Å². The molecule has 1 unspecified atom stereocenters. The number of ketones is 1. The number of aromatic hydroxyl groups is 1. The van der Waals surface area contributed by atoms with Gasteiger partial charge in [0.25, 0.3) is 11.7 Å². The van der Waals surface area contributed by atoms with E-state index in [1.807, 2.05) is 33.8 Å². The molecule has 7 nitrogen and oxygen atoms in total. The van der Waals surface area contributed by atoms with Gasteiger partial charge < -0.3 is 14.9 Å². The lowest BCUT2D eigenvalue weighted by Gasteiger charge is -2.26. The van der Waals surface area contributed by atoms with Crippen molar-refractivity contribution < 1.29 is 24.5 Å².